The molecule has 1 aromatic rings. The fourth-order valence-electron chi connectivity index (χ4n) is 1.07. The van der Waals surface area contributed by atoms with Gasteiger partial charge in [0, 0.05) is 5.56 Å². The van der Waals surface area contributed by atoms with Crippen LogP contribution in [-0.4, -0.2) is 22.6 Å². The first kappa shape index (κ1) is 11.5. The van der Waals surface area contributed by atoms with E-state index in [0.29, 0.717) is 6.07 Å². The molecular weight excluding hydrogens is 213 g/mol. The lowest BCUT2D eigenvalue weighted by Crippen LogP contribution is -2.42. The summed E-state index contributed by atoms with van der Waals surface area (Å²) >= 11 is 0. The molecule has 0 aliphatic carbocycles. The number of carboxylic acid groups (broad SMARTS) is 1. The summed E-state index contributed by atoms with van der Waals surface area (Å²) in [7, 11) is 0. The zero-order valence-electron chi connectivity index (χ0n) is 7.32. The molecule has 1 unspecified atom stereocenters. The van der Waals surface area contributed by atoms with Gasteiger partial charge in [-0.15, -0.1) is 0 Å². The largest absolute Gasteiger partial charge is 0.479 e. The summed E-state index contributed by atoms with van der Waals surface area (Å²) in [6.45, 7) is 0. The Labute approximate surface area is 82.8 Å². The Morgan fingerprint density at radius 2 is 2.00 bits per heavy atom. The number of carboxylic acids is 1. The molecule has 0 aliphatic heterocycles. The van der Waals surface area contributed by atoms with Crippen molar-refractivity contribution in [2.45, 2.75) is 12.0 Å². The Bertz CT molecular complexity index is 381. The molecular formula is C9H7F3O3. The van der Waals surface area contributed by atoms with Crippen LogP contribution in [0.15, 0.2) is 24.3 Å². The minimum absolute atomic E-state index is 0.556. The second-order valence-corrected chi connectivity index (χ2v) is 2.88. The standard InChI is InChI=1S/C9H7F3O3/c10-6-3-1-2-5(4-6)9(15,7(11)12)8(13)14/h1-4,7,15H,(H,13,14). The molecule has 0 heterocycles. The van der Waals surface area contributed by atoms with Crippen LogP contribution in [0, 0.1) is 5.82 Å². The van der Waals surface area contributed by atoms with E-state index in [4.69, 9.17) is 5.11 Å². The van der Waals surface area contributed by atoms with Gasteiger partial charge in [-0.25, -0.2) is 18.0 Å². The molecule has 15 heavy (non-hydrogen) atoms. The van der Waals surface area contributed by atoms with Crippen molar-refractivity contribution in [3.05, 3.63) is 35.6 Å². The average molecular weight is 220 g/mol. The van der Waals surface area contributed by atoms with Gasteiger partial charge in [-0.05, 0) is 12.1 Å². The minimum Gasteiger partial charge on any atom is -0.479 e. The van der Waals surface area contributed by atoms with E-state index < -0.39 is 29.4 Å². The maximum atomic E-state index is 12.7. The number of rotatable bonds is 3. The van der Waals surface area contributed by atoms with Crippen LogP contribution in [0.5, 0.6) is 0 Å². The predicted molar refractivity (Wildman–Crippen MR) is 43.9 cm³/mol. The zero-order valence-corrected chi connectivity index (χ0v) is 7.32. The lowest BCUT2D eigenvalue weighted by molar-refractivity contribution is -0.178. The van der Waals surface area contributed by atoms with E-state index in [1.165, 1.54) is 0 Å². The Morgan fingerprint density at radius 3 is 2.40 bits per heavy atom. The summed E-state index contributed by atoms with van der Waals surface area (Å²) < 4.78 is 37.5. The second kappa shape index (κ2) is 3.90. The van der Waals surface area contributed by atoms with E-state index >= 15 is 0 Å². The smallest absolute Gasteiger partial charge is 0.346 e. The molecule has 0 saturated carbocycles. The molecule has 0 spiro atoms. The van der Waals surface area contributed by atoms with E-state index in [1.807, 2.05) is 0 Å². The van der Waals surface area contributed by atoms with E-state index in [-0.39, 0.29) is 0 Å². The van der Waals surface area contributed by atoms with Crippen molar-refractivity contribution in [2.24, 2.45) is 0 Å². The summed E-state index contributed by atoms with van der Waals surface area (Å²) in [4.78, 5) is 10.5. The van der Waals surface area contributed by atoms with Crippen LogP contribution in [0.2, 0.25) is 0 Å². The molecule has 0 amide bonds. The van der Waals surface area contributed by atoms with Crippen molar-refractivity contribution in [1.29, 1.82) is 0 Å². The van der Waals surface area contributed by atoms with Gasteiger partial charge in [-0.2, -0.15) is 0 Å². The van der Waals surface area contributed by atoms with Gasteiger partial charge < -0.3 is 10.2 Å². The van der Waals surface area contributed by atoms with Crippen molar-refractivity contribution in [3.8, 4) is 0 Å². The van der Waals surface area contributed by atoms with E-state index in [1.54, 1.807) is 0 Å². The predicted octanol–water partition coefficient (Wildman–Crippen LogP) is 1.36. The summed E-state index contributed by atoms with van der Waals surface area (Å²) in [6, 6.07) is 3.47. The fraction of sp³-hybridized carbons (Fsp3) is 0.222. The number of carbonyl (C=O) groups is 1. The highest BCUT2D eigenvalue weighted by atomic mass is 19.3. The number of hydrogen-bond acceptors (Lipinski definition) is 2. The molecule has 6 heteroatoms. The van der Waals surface area contributed by atoms with Gasteiger partial charge in [0.15, 0.2) is 0 Å². The highest BCUT2D eigenvalue weighted by molar-refractivity contribution is 5.79. The maximum absolute atomic E-state index is 12.7. The van der Waals surface area contributed by atoms with Crippen molar-refractivity contribution >= 4 is 5.97 Å². The molecule has 1 aromatic carbocycles. The Morgan fingerprint density at radius 1 is 1.40 bits per heavy atom. The Hall–Kier alpha value is -1.56. The van der Waals surface area contributed by atoms with Crippen molar-refractivity contribution in [3.63, 3.8) is 0 Å². The number of aliphatic hydroxyl groups is 1. The quantitative estimate of drug-likeness (QED) is 0.808. The first-order chi connectivity index (χ1) is 6.89. The van der Waals surface area contributed by atoms with Gasteiger partial charge in [-0.3, -0.25) is 0 Å². The molecule has 0 aliphatic rings. The van der Waals surface area contributed by atoms with Crippen molar-refractivity contribution < 1.29 is 28.2 Å². The van der Waals surface area contributed by atoms with Crippen LogP contribution >= 0.6 is 0 Å². The van der Waals surface area contributed by atoms with E-state index in [9.17, 15) is 23.1 Å². The van der Waals surface area contributed by atoms with Crippen LogP contribution < -0.4 is 0 Å². The highest BCUT2D eigenvalue weighted by Gasteiger charge is 2.47. The molecule has 0 fully saturated rings. The molecule has 1 atom stereocenters. The number of alkyl halides is 2. The number of hydrogen-bond donors (Lipinski definition) is 2. The van der Waals surface area contributed by atoms with Crippen molar-refractivity contribution in [2.75, 3.05) is 0 Å². The molecule has 1 rings (SSSR count). The lowest BCUT2D eigenvalue weighted by atomic mass is 9.94. The van der Waals surface area contributed by atoms with Crippen LogP contribution in [0.3, 0.4) is 0 Å². The normalized spacial score (nSPS) is 15.0. The fourth-order valence-corrected chi connectivity index (χ4v) is 1.07. The van der Waals surface area contributed by atoms with Gasteiger partial charge in [0.2, 0.25) is 5.60 Å². The average Bonchev–Trinajstić information content (AvgIpc) is 2.15. The summed E-state index contributed by atoms with van der Waals surface area (Å²) in [5, 5.41) is 17.7. The topological polar surface area (TPSA) is 57.5 Å². The molecule has 0 bridgehead atoms. The molecule has 0 saturated heterocycles. The van der Waals surface area contributed by atoms with Gasteiger partial charge in [0.1, 0.15) is 5.82 Å². The molecule has 0 aromatic heterocycles. The zero-order chi connectivity index (χ0) is 11.6. The summed E-state index contributed by atoms with van der Waals surface area (Å²) in [6.07, 6.45) is -3.54. The summed E-state index contributed by atoms with van der Waals surface area (Å²) in [5.41, 5.74) is -4.06. The Balaban J connectivity index is 3.28. The minimum atomic E-state index is -3.54. The molecule has 82 valence electrons. The third kappa shape index (κ3) is 1.94. The second-order valence-electron chi connectivity index (χ2n) is 2.88. The van der Waals surface area contributed by atoms with E-state index in [2.05, 4.69) is 0 Å². The van der Waals surface area contributed by atoms with E-state index in [0.717, 1.165) is 18.2 Å². The molecule has 3 nitrogen and oxygen atoms in total. The number of benzene rings is 1. The van der Waals surface area contributed by atoms with Gasteiger partial charge in [-0.1, -0.05) is 12.1 Å². The highest BCUT2D eigenvalue weighted by Crippen LogP contribution is 2.29. The monoisotopic (exact) mass is 220 g/mol. The number of halogens is 3. The molecule has 0 radical (unpaired) electrons. The van der Waals surface area contributed by atoms with Crippen LogP contribution in [-0.2, 0) is 10.4 Å². The first-order valence-corrected chi connectivity index (χ1v) is 3.89. The first-order valence-electron chi connectivity index (χ1n) is 3.89. The van der Waals surface area contributed by atoms with Crippen LogP contribution in [0.4, 0.5) is 13.2 Å². The van der Waals surface area contributed by atoms with Gasteiger partial charge >= 0.3 is 5.97 Å². The lowest BCUT2D eigenvalue weighted by Gasteiger charge is -2.22. The van der Waals surface area contributed by atoms with Crippen molar-refractivity contribution in [1.82, 2.24) is 0 Å². The van der Waals surface area contributed by atoms with Gasteiger partial charge in [0.25, 0.3) is 6.43 Å². The third-order valence-corrected chi connectivity index (χ3v) is 1.91. The van der Waals surface area contributed by atoms with Crippen LogP contribution in [0.1, 0.15) is 5.56 Å². The third-order valence-electron chi connectivity index (χ3n) is 1.91. The molecule has 2 N–H and O–H groups in total. The van der Waals surface area contributed by atoms with Gasteiger partial charge in [0.05, 0.1) is 0 Å². The van der Waals surface area contributed by atoms with Crippen LogP contribution in [0.25, 0.3) is 0 Å². The SMILES string of the molecule is O=C(O)C(O)(c1cccc(F)c1)C(F)F. The number of aliphatic carboxylic acids is 1. The summed E-state index contributed by atoms with van der Waals surface area (Å²) in [5.74, 6) is -3.02. The Kier molecular flexibility index (Phi) is 2.99. The maximum Gasteiger partial charge on any atom is 0.346 e.